The van der Waals surface area contributed by atoms with Crippen molar-refractivity contribution < 1.29 is 13.9 Å². The summed E-state index contributed by atoms with van der Waals surface area (Å²) in [4.78, 5) is 0. The lowest BCUT2D eigenvalue weighted by molar-refractivity contribution is 0.203. The highest BCUT2D eigenvalue weighted by Gasteiger charge is 2.17. The van der Waals surface area contributed by atoms with Crippen LogP contribution in [0.25, 0.3) is 11.4 Å². The van der Waals surface area contributed by atoms with Crippen LogP contribution in [0, 0.1) is 19.7 Å². The Morgan fingerprint density at radius 2 is 2.08 bits per heavy atom. The van der Waals surface area contributed by atoms with Crippen molar-refractivity contribution in [2.45, 2.75) is 25.1 Å². The fraction of sp³-hybridized carbons (Fsp3) is 0.294. The smallest absolute Gasteiger partial charge is 0.191 e. The predicted molar refractivity (Wildman–Crippen MR) is 90.3 cm³/mol. The zero-order valence-corrected chi connectivity index (χ0v) is 14.5. The average Bonchev–Trinajstić information content (AvgIpc) is 3.10. The lowest BCUT2D eigenvalue weighted by Crippen LogP contribution is -2.04. The molecular weight excluding hydrogens is 329 g/mol. The fourth-order valence-corrected chi connectivity index (χ4v) is 3.41. The van der Waals surface area contributed by atoms with Crippen molar-refractivity contribution in [2.75, 3.05) is 5.75 Å². The van der Waals surface area contributed by atoms with E-state index in [1.54, 1.807) is 19.3 Å². The van der Waals surface area contributed by atoms with Gasteiger partial charge in [0, 0.05) is 12.8 Å². The molecular formula is C17H18FN3O2S. The summed E-state index contributed by atoms with van der Waals surface area (Å²) < 4.78 is 20.3. The Kier molecular flexibility index (Phi) is 4.73. The lowest BCUT2D eigenvalue weighted by Gasteiger charge is -2.13. The van der Waals surface area contributed by atoms with Gasteiger partial charge in [0.25, 0.3) is 0 Å². The van der Waals surface area contributed by atoms with Gasteiger partial charge in [-0.05, 0) is 43.2 Å². The Morgan fingerprint density at radius 3 is 2.75 bits per heavy atom. The summed E-state index contributed by atoms with van der Waals surface area (Å²) in [6, 6.07) is 6.25. The molecule has 0 aliphatic heterocycles. The van der Waals surface area contributed by atoms with Gasteiger partial charge >= 0.3 is 0 Å². The molecule has 0 saturated heterocycles. The van der Waals surface area contributed by atoms with E-state index in [0.717, 1.165) is 28.3 Å². The van der Waals surface area contributed by atoms with Crippen molar-refractivity contribution in [1.82, 2.24) is 14.8 Å². The van der Waals surface area contributed by atoms with Crippen LogP contribution in [0.5, 0.6) is 0 Å². The van der Waals surface area contributed by atoms with Crippen molar-refractivity contribution in [3.8, 4) is 11.4 Å². The van der Waals surface area contributed by atoms with E-state index in [0.29, 0.717) is 10.9 Å². The van der Waals surface area contributed by atoms with Crippen LogP contribution in [0.2, 0.25) is 0 Å². The van der Waals surface area contributed by atoms with E-state index in [-0.39, 0.29) is 5.82 Å². The number of furan rings is 1. The molecule has 2 aromatic heterocycles. The first kappa shape index (κ1) is 16.7. The van der Waals surface area contributed by atoms with E-state index in [2.05, 4.69) is 10.2 Å². The molecule has 0 aliphatic rings. The third-order valence-electron chi connectivity index (χ3n) is 3.90. The monoisotopic (exact) mass is 347 g/mol. The molecule has 2 heterocycles. The Bertz CT molecular complexity index is 859. The summed E-state index contributed by atoms with van der Waals surface area (Å²) in [5, 5.41) is 19.4. The topological polar surface area (TPSA) is 64.1 Å². The number of rotatable bonds is 5. The number of aromatic nitrogens is 3. The van der Waals surface area contributed by atoms with Crippen LogP contribution in [0.15, 0.2) is 40.1 Å². The second-order valence-electron chi connectivity index (χ2n) is 5.58. The third kappa shape index (κ3) is 3.22. The minimum atomic E-state index is -0.702. The number of nitrogens with zero attached hydrogens (tertiary/aromatic N) is 3. The summed E-state index contributed by atoms with van der Waals surface area (Å²) in [6.45, 7) is 3.66. The standard InChI is InChI=1S/C17H18FN3O2S/c1-10-8-12(18)4-5-13(10)15(22)9-24-17-20-19-16(21(17)3)14-6-7-23-11(14)2/h4-8,15,22H,9H2,1-3H3. The van der Waals surface area contributed by atoms with E-state index in [9.17, 15) is 9.50 Å². The van der Waals surface area contributed by atoms with Gasteiger partial charge in [-0.2, -0.15) is 0 Å². The molecule has 1 aromatic carbocycles. The minimum Gasteiger partial charge on any atom is -0.469 e. The summed E-state index contributed by atoms with van der Waals surface area (Å²) in [6.07, 6.45) is 0.916. The van der Waals surface area contributed by atoms with Crippen LogP contribution >= 0.6 is 11.8 Å². The van der Waals surface area contributed by atoms with Crippen molar-refractivity contribution in [3.63, 3.8) is 0 Å². The number of aryl methyl sites for hydroxylation is 2. The van der Waals surface area contributed by atoms with E-state index in [1.807, 2.05) is 24.6 Å². The molecule has 24 heavy (non-hydrogen) atoms. The molecule has 3 rings (SSSR count). The zero-order chi connectivity index (χ0) is 17.3. The second-order valence-corrected chi connectivity index (χ2v) is 6.57. The Hall–Kier alpha value is -2.12. The molecule has 7 heteroatoms. The number of thioether (sulfide) groups is 1. The zero-order valence-electron chi connectivity index (χ0n) is 13.7. The number of hydrogen-bond acceptors (Lipinski definition) is 5. The lowest BCUT2D eigenvalue weighted by atomic mass is 10.0. The van der Waals surface area contributed by atoms with Gasteiger partial charge in [-0.3, -0.25) is 0 Å². The molecule has 1 atom stereocenters. The van der Waals surface area contributed by atoms with Gasteiger partial charge in [-0.15, -0.1) is 10.2 Å². The molecule has 0 fully saturated rings. The van der Waals surface area contributed by atoms with Gasteiger partial charge in [0.2, 0.25) is 0 Å². The van der Waals surface area contributed by atoms with Gasteiger partial charge < -0.3 is 14.1 Å². The average molecular weight is 347 g/mol. The summed E-state index contributed by atoms with van der Waals surface area (Å²) in [7, 11) is 1.87. The number of hydrogen-bond donors (Lipinski definition) is 1. The van der Waals surface area contributed by atoms with Crippen LogP contribution in [0.4, 0.5) is 4.39 Å². The van der Waals surface area contributed by atoms with Gasteiger partial charge in [0.05, 0.1) is 17.9 Å². The summed E-state index contributed by atoms with van der Waals surface area (Å²) in [5.41, 5.74) is 2.35. The summed E-state index contributed by atoms with van der Waals surface area (Å²) in [5.74, 6) is 1.60. The highest BCUT2D eigenvalue weighted by atomic mass is 32.2. The third-order valence-corrected chi connectivity index (χ3v) is 4.99. The second kappa shape index (κ2) is 6.78. The number of benzene rings is 1. The van der Waals surface area contributed by atoms with Crippen molar-refractivity contribution in [2.24, 2.45) is 7.05 Å². The maximum absolute atomic E-state index is 13.2. The Labute approximate surface area is 143 Å². The van der Waals surface area contributed by atoms with Crippen LogP contribution in [-0.2, 0) is 7.05 Å². The highest BCUT2D eigenvalue weighted by Crippen LogP contribution is 2.29. The Balaban J connectivity index is 1.73. The SMILES string of the molecule is Cc1cc(F)ccc1C(O)CSc1nnc(-c2ccoc2C)n1C. The normalized spacial score (nSPS) is 12.5. The van der Waals surface area contributed by atoms with Crippen molar-refractivity contribution in [1.29, 1.82) is 0 Å². The summed E-state index contributed by atoms with van der Waals surface area (Å²) >= 11 is 1.40. The fourth-order valence-electron chi connectivity index (χ4n) is 2.55. The van der Waals surface area contributed by atoms with E-state index >= 15 is 0 Å². The predicted octanol–water partition coefficient (Wildman–Crippen LogP) is 3.66. The first-order valence-electron chi connectivity index (χ1n) is 7.48. The largest absolute Gasteiger partial charge is 0.469 e. The number of aliphatic hydroxyl groups excluding tert-OH is 1. The molecule has 0 saturated carbocycles. The molecule has 0 aliphatic carbocycles. The van der Waals surface area contributed by atoms with Crippen LogP contribution in [0.1, 0.15) is 23.0 Å². The molecule has 0 spiro atoms. The first-order valence-corrected chi connectivity index (χ1v) is 8.46. The van der Waals surface area contributed by atoms with Gasteiger partial charge in [0.1, 0.15) is 11.6 Å². The maximum Gasteiger partial charge on any atom is 0.191 e. The van der Waals surface area contributed by atoms with Crippen molar-refractivity contribution >= 4 is 11.8 Å². The number of aliphatic hydroxyl groups is 1. The minimum absolute atomic E-state index is 0.301. The van der Waals surface area contributed by atoms with E-state index in [1.165, 1.54) is 23.9 Å². The van der Waals surface area contributed by atoms with Crippen LogP contribution in [0.3, 0.4) is 0 Å². The van der Waals surface area contributed by atoms with Gasteiger partial charge in [-0.1, -0.05) is 17.8 Å². The maximum atomic E-state index is 13.2. The molecule has 1 unspecified atom stereocenters. The molecule has 3 aromatic rings. The first-order chi connectivity index (χ1) is 11.5. The molecule has 1 N–H and O–H groups in total. The van der Waals surface area contributed by atoms with Crippen LogP contribution in [-0.4, -0.2) is 25.6 Å². The number of halogens is 1. The van der Waals surface area contributed by atoms with E-state index < -0.39 is 6.10 Å². The van der Waals surface area contributed by atoms with Gasteiger partial charge in [-0.25, -0.2) is 4.39 Å². The molecule has 5 nitrogen and oxygen atoms in total. The molecule has 0 radical (unpaired) electrons. The Morgan fingerprint density at radius 1 is 1.29 bits per heavy atom. The quantitative estimate of drug-likeness (QED) is 0.714. The van der Waals surface area contributed by atoms with Gasteiger partial charge in [0.15, 0.2) is 11.0 Å². The molecule has 0 amide bonds. The van der Waals surface area contributed by atoms with Crippen LogP contribution < -0.4 is 0 Å². The molecule has 0 bridgehead atoms. The van der Waals surface area contributed by atoms with E-state index in [4.69, 9.17) is 4.42 Å². The highest BCUT2D eigenvalue weighted by molar-refractivity contribution is 7.99. The van der Waals surface area contributed by atoms with Crippen molar-refractivity contribution in [3.05, 3.63) is 53.2 Å². The molecule has 126 valence electrons.